The van der Waals surface area contributed by atoms with Crippen molar-refractivity contribution in [1.82, 2.24) is 16.0 Å². The van der Waals surface area contributed by atoms with Crippen molar-refractivity contribution in [3.63, 3.8) is 0 Å². The van der Waals surface area contributed by atoms with Gasteiger partial charge in [0.15, 0.2) is 0 Å². The first-order valence-electron chi connectivity index (χ1n) is 9.81. The zero-order valence-corrected chi connectivity index (χ0v) is 18.2. The standard InChI is InChI=1S/C18H32N6O8/c1-7(2)13(21)16(29)24-14(8(3)25)17(30)22-9(4-5-11(19)26)15(28)23-10(18(31)32)6-12(20)27/h7-10,13-14,25H,4-6,21H2,1-3H3,(H2,19,26)(H2,20,27)(H,22,30)(H,23,28)(H,24,29)(H,31,32). The van der Waals surface area contributed by atoms with Crippen LogP contribution in [0.3, 0.4) is 0 Å². The molecule has 32 heavy (non-hydrogen) atoms. The minimum Gasteiger partial charge on any atom is -0.480 e. The smallest absolute Gasteiger partial charge is 0.326 e. The number of nitrogens with one attached hydrogen (secondary N) is 3. The number of nitrogens with two attached hydrogens (primary N) is 3. The molecule has 0 heterocycles. The summed E-state index contributed by atoms with van der Waals surface area (Å²) >= 11 is 0. The second-order valence-corrected chi connectivity index (χ2v) is 7.63. The summed E-state index contributed by atoms with van der Waals surface area (Å²) in [5.41, 5.74) is 15.8. The van der Waals surface area contributed by atoms with E-state index in [0.29, 0.717) is 0 Å². The summed E-state index contributed by atoms with van der Waals surface area (Å²) in [6, 6.07) is -5.62. The van der Waals surface area contributed by atoms with Crippen LogP contribution < -0.4 is 33.2 Å². The van der Waals surface area contributed by atoms with Gasteiger partial charge in [-0.3, -0.25) is 24.0 Å². The predicted molar refractivity (Wildman–Crippen MR) is 110 cm³/mol. The number of carbonyl (C=O) groups excluding carboxylic acids is 5. The molecular formula is C18H32N6O8. The third-order valence-electron chi connectivity index (χ3n) is 4.42. The maximum absolute atomic E-state index is 12.7. The molecule has 11 N–H and O–H groups in total. The Kier molecular flexibility index (Phi) is 11.9. The molecule has 5 amide bonds. The molecule has 0 bridgehead atoms. The van der Waals surface area contributed by atoms with Crippen LogP contribution in [0.15, 0.2) is 0 Å². The number of carbonyl (C=O) groups is 6. The summed E-state index contributed by atoms with van der Waals surface area (Å²) in [7, 11) is 0. The fourth-order valence-corrected chi connectivity index (χ4v) is 2.45. The average Bonchev–Trinajstić information content (AvgIpc) is 2.66. The van der Waals surface area contributed by atoms with Gasteiger partial charge < -0.3 is 43.4 Å². The van der Waals surface area contributed by atoms with Crippen molar-refractivity contribution in [2.45, 2.75) is 70.3 Å². The van der Waals surface area contributed by atoms with Crippen molar-refractivity contribution >= 4 is 35.5 Å². The Morgan fingerprint density at radius 1 is 0.812 bits per heavy atom. The van der Waals surface area contributed by atoms with E-state index in [-0.39, 0.29) is 18.8 Å². The maximum Gasteiger partial charge on any atom is 0.326 e. The third-order valence-corrected chi connectivity index (χ3v) is 4.42. The SMILES string of the molecule is CC(C)C(N)C(=O)NC(C(=O)NC(CCC(N)=O)C(=O)NC(CC(N)=O)C(=O)O)C(C)O. The molecule has 5 unspecified atom stereocenters. The summed E-state index contributed by atoms with van der Waals surface area (Å²) in [6.45, 7) is 4.57. The fourth-order valence-electron chi connectivity index (χ4n) is 2.45. The largest absolute Gasteiger partial charge is 0.480 e. The molecule has 0 fully saturated rings. The van der Waals surface area contributed by atoms with Gasteiger partial charge in [-0.2, -0.15) is 0 Å². The number of aliphatic carboxylic acids is 1. The number of hydrogen-bond donors (Lipinski definition) is 8. The number of rotatable bonds is 14. The Bertz CT molecular complexity index is 726. The topological polar surface area (TPSA) is 257 Å². The molecule has 0 aromatic rings. The van der Waals surface area contributed by atoms with Gasteiger partial charge in [0.2, 0.25) is 29.5 Å². The number of hydrogen-bond acceptors (Lipinski definition) is 8. The van der Waals surface area contributed by atoms with E-state index in [1.165, 1.54) is 6.92 Å². The van der Waals surface area contributed by atoms with Crippen LogP contribution in [0.5, 0.6) is 0 Å². The Morgan fingerprint density at radius 3 is 1.75 bits per heavy atom. The van der Waals surface area contributed by atoms with Crippen molar-refractivity contribution in [1.29, 1.82) is 0 Å². The molecule has 0 aliphatic heterocycles. The highest BCUT2D eigenvalue weighted by Crippen LogP contribution is 2.04. The van der Waals surface area contributed by atoms with Crippen LogP contribution >= 0.6 is 0 Å². The van der Waals surface area contributed by atoms with Crippen LogP contribution in [0, 0.1) is 5.92 Å². The van der Waals surface area contributed by atoms with Crippen LogP contribution in [-0.2, 0) is 28.8 Å². The van der Waals surface area contributed by atoms with Gasteiger partial charge in [-0.1, -0.05) is 13.8 Å². The summed E-state index contributed by atoms with van der Waals surface area (Å²) in [5, 5.41) is 25.6. The Hall–Kier alpha value is -3.26. The lowest BCUT2D eigenvalue weighted by Gasteiger charge is -2.26. The molecule has 0 aliphatic carbocycles. The monoisotopic (exact) mass is 460 g/mol. The predicted octanol–water partition coefficient (Wildman–Crippen LogP) is -3.97. The third kappa shape index (κ3) is 10.2. The van der Waals surface area contributed by atoms with Gasteiger partial charge in [-0.05, 0) is 19.3 Å². The molecule has 182 valence electrons. The van der Waals surface area contributed by atoms with E-state index < -0.39 is 72.2 Å². The number of carboxylic acids is 1. The Labute approximate surface area is 184 Å². The van der Waals surface area contributed by atoms with E-state index in [9.17, 15) is 33.9 Å². The fraction of sp³-hybridized carbons (Fsp3) is 0.667. The molecule has 0 saturated carbocycles. The van der Waals surface area contributed by atoms with E-state index in [1.54, 1.807) is 13.8 Å². The quantitative estimate of drug-likeness (QED) is 0.125. The van der Waals surface area contributed by atoms with E-state index in [0.717, 1.165) is 0 Å². The zero-order chi connectivity index (χ0) is 25.2. The summed E-state index contributed by atoms with van der Waals surface area (Å²) in [6.07, 6.45) is -2.77. The van der Waals surface area contributed by atoms with Gasteiger partial charge in [0, 0.05) is 6.42 Å². The first-order chi connectivity index (χ1) is 14.7. The lowest BCUT2D eigenvalue weighted by molar-refractivity contribution is -0.144. The van der Waals surface area contributed by atoms with Gasteiger partial charge in [0.25, 0.3) is 0 Å². The maximum atomic E-state index is 12.7. The molecule has 0 aromatic carbocycles. The summed E-state index contributed by atoms with van der Waals surface area (Å²) in [5.74, 6) is -6.35. The molecular weight excluding hydrogens is 428 g/mol. The molecule has 5 atom stereocenters. The molecule has 14 heteroatoms. The minimum absolute atomic E-state index is 0.264. The number of carboxylic acid groups (broad SMARTS) is 1. The van der Waals surface area contributed by atoms with Crippen LogP contribution in [0.25, 0.3) is 0 Å². The van der Waals surface area contributed by atoms with E-state index in [4.69, 9.17) is 22.3 Å². The van der Waals surface area contributed by atoms with Gasteiger partial charge in [-0.15, -0.1) is 0 Å². The summed E-state index contributed by atoms with van der Waals surface area (Å²) < 4.78 is 0. The lowest BCUT2D eigenvalue weighted by atomic mass is 10.0. The summed E-state index contributed by atoms with van der Waals surface area (Å²) in [4.78, 5) is 70.8. The van der Waals surface area contributed by atoms with Crippen LogP contribution in [0.2, 0.25) is 0 Å². The second kappa shape index (κ2) is 13.2. The molecule has 0 aliphatic rings. The lowest BCUT2D eigenvalue weighted by Crippen LogP contribution is -2.60. The number of primary amides is 2. The molecule has 0 saturated heterocycles. The van der Waals surface area contributed by atoms with Crippen molar-refractivity contribution < 1.29 is 39.0 Å². The number of aliphatic hydroxyl groups excluding tert-OH is 1. The van der Waals surface area contributed by atoms with Gasteiger partial charge in [-0.25, -0.2) is 4.79 Å². The Balaban J connectivity index is 5.54. The van der Waals surface area contributed by atoms with Gasteiger partial charge in [0.05, 0.1) is 18.6 Å². The van der Waals surface area contributed by atoms with E-state index in [1.807, 2.05) is 5.32 Å². The Morgan fingerprint density at radius 2 is 1.34 bits per heavy atom. The van der Waals surface area contributed by atoms with Gasteiger partial charge >= 0.3 is 5.97 Å². The van der Waals surface area contributed by atoms with E-state index in [2.05, 4.69) is 10.6 Å². The van der Waals surface area contributed by atoms with Crippen molar-refractivity contribution in [2.24, 2.45) is 23.1 Å². The molecule has 0 spiro atoms. The minimum atomic E-state index is -1.68. The molecule has 0 radical (unpaired) electrons. The molecule has 14 nitrogen and oxygen atoms in total. The van der Waals surface area contributed by atoms with Crippen molar-refractivity contribution in [3.8, 4) is 0 Å². The first-order valence-corrected chi connectivity index (χ1v) is 9.81. The molecule has 0 rings (SSSR count). The van der Waals surface area contributed by atoms with Crippen LogP contribution in [0.4, 0.5) is 0 Å². The van der Waals surface area contributed by atoms with E-state index >= 15 is 0 Å². The van der Waals surface area contributed by atoms with Crippen LogP contribution in [-0.4, -0.2) is 76.0 Å². The van der Waals surface area contributed by atoms with Crippen LogP contribution in [0.1, 0.15) is 40.0 Å². The van der Waals surface area contributed by atoms with Crippen molar-refractivity contribution in [3.05, 3.63) is 0 Å². The highest BCUT2D eigenvalue weighted by molar-refractivity contribution is 5.95. The van der Waals surface area contributed by atoms with Gasteiger partial charge in [0.1, 0.15) is 18.1 Å². The second-order valence-electron chi connectivity index (χ2n) is 7.63. The zero-order valence-electron chi connectivity index (χ0n) is 18.2. The van der Waals surface area contributed by atoms with Crippen molar-refractivity contribution in [2.75, 3.05) is 0 Å². The normalized spacial score (nSPS) is 15.6. The highest BCUT2D eigenvalue weighted by Gasteiger charge is 2.33. The average molecular weight is 460 g/mol. The highest BCUT2D eigenvalue weighted by atomic mass is 16.4. The first kappa shape index (κ1) is 28.7. The molecule has 0 aromatic heterocycles. The number of aliphatic hydroxyl groups is 1. The number of amides is 5.